The van der Waals surface area contributed by atoms with E-state index in [1.54, 1.807) is 24.0 Å². The fourth-order valence-electron chi connectivity index (χ4n) is 1.94. The van der Waals surface area contributed by atoms with Crippen LogP contribution in [-0.2, 0) is 7.05 Å². The second kappa shape index (κ2) is 3.69. The summed E-state index contributed by atoms with van der Waals surface area (Å²) in [5.41, 5.74) is 2.60. The number of benzene rings is 1. The van der Waals surface area contributed by atoms with Gasteiger partial charge in [0.05, 0.1) is 17.4 Å². The molecule has 0 aliphatic carbocycles. The number of aryl methyl sites for hydroxylation is 1. The summed E-state index contributed by atoms with van der Waals surface area (Å²) in [6.07, 6.45) is 1.74. The van der Waals surface area contributed by atoms with E-state index >= 15 is 0 Å². The molecule has 0 aliphatic rings. The van der Waals surface area contributed by atoms with Crippen molar-refractivity contribution in [2.75, 3.05) is 0 Å². The molecule has 0 saturated heterocycles. The van der Waals surface area contributed by atoms with Gasteiger partial charge >= 0.3 is 5.97 Å². The van der Waals surface area contributed by atoms with E-state index in [1.807, 2.05) is 18.2 Å². The summed E-state index contributed by atoms with van der Waals surface area (Å²) in [4.78, 5) is 10.9. The molecule has 0 atom stereocenters. The van der Waals surface area contributed by atoms with Gasteiger partial charge in [0.2, 0.25) is 0 Å². The van der Waals surface area contributed by atoms with Gasteiger partial charge in [-0.05, 0) is 12.1 Å². The van der Waals surface area contributed by atoms with E-state index in [2.05, 4.69) is 15.3 Å². The molecule has 1 aromatic carbocycles. The van der Waals surface area contributed by atoms with Crippen LogP contribution < -0.4 is 0 Å². The Hall–Kier alpha value is -2.63. The number of hydrogen-bond acceptors (Lipinski definition) is 3. The normalized spacial score (nSPS) is 10.9. The lowest BCUT2D eigenvalue weighted by Gasteiger charge is -2.01. The highest BCUT2D eigenvalue weighted by Crippen LogP contribution is 2.23. The number of hydrogen-bond donors (Lipinski definition) is 2. The lowest BCUT2D eigenvalue weighted by molar-refractivity contribution is 0.0689. The molecule has 2 N–H and O–H groups in total. The molecular weight excluding hydrogens is 232 g/mol. The minimum Gasteiger partial charge on any atom is -0.476 e. The first-order chi connectivity index (χ1) is 8.65. The van der Waals surface area contributed by atoms with E-state index in [0.29, 0.717) is 0 Å². The molecule has 2 aromatic heterocycles. The molecule has 6 heteroatoms. The smallest absolute Gasteiger partial charge is 0.356 e. The molecule has 0 bridgehead atoms. The Morgan fingerprint density at radius 2 is 2.22 bits per heavy atom. The van der Waals surface area contributed by atoms with Crippen LogP contribution in [0.25, 0.3) is 22.2 Å². The molecule has 0 spiro atoms. The quantitative estimate of drug-likeness (QED) is 0.715. The maximum atomic E-state index is 10.9. The fraction of sp³-hybridized carbons (Fsp3) is 0.0833. The molecule has 3 aromatic rings. The molecule has 0 radical (unpaired) electrons. The Morgan fingerprint density at radius 1 is 1.39 bits per heavy atom. The van der Waals surface area contributed by atoms with Crippen LogP contribution in [0.4, 0.5) is 0 Å². The summed E-state index contributed by atoms with van der Waals surface area (Å²) in [7, 11) is 1.72. The Balaban J connectivity index is 2.15. The maximum absolute atomic E-state index is 10.9. The van der Waals surface area contributed by atoms with E-state index in [1.165, 1.54) is 0 Å². The zero-order valence-corrected chi connectivity index (χ0v) is 9.58. The second-order valence-electron chi connectivity index (χ2n) is 4.02. The van der Waals surface area contributed by atoms with Gasteiger partial charge in [-0.1, -0.05) is 12.1 Å². The molecule has 3 rings (SSSR count). The van der Waals surface area contributed by atoms with E-state index in [0.717, 1.165) is 22.2 Å². The van der Waals surface area contributed by atoms with Gasteiger partial charge in [0.25, 0.3) is 0 Å². The van der Waals surface area contributed by atoms with Crippen molar-refractivity contribution in [2.45, 2.75) is 0 Å². The number of carbonyl (C=O) groups is 1. The summed E-state index contributed by atoms with van der Waals surface area (Å²) >= 11 is 0. The molecular formula is C12H10N4O2. The van der Waals surface area contributed by atoms with Gasteiger partial charge in [-0.3, -0.25) is 9.78 Å². The van der Waals surface area contributed by atoms with E-state index in [9.17, 15) is 4.79 Å². The van der Waals surface area contributed by atoms with Crippen LogP contribution >= 0.6 is 0 Å². The molecule has 0 fully saturated rings. The number of nitrogens with zero attached hydrogens (tertiary/aromatic N) is 3. The third-order valence-corrected chi connectivity index (χ3v) is 2.84. The lowest BCUT2D eigenvalue weighted by Crippen LogP contribution is -1.99. The Morgan fingerprint density at radius 3 is 2.94 bits per heavy atom. The molecule has 18 heavy (non-hydrogen) atoms. The SMILES string of the molecule is Cn1nc(C(=O)O)cc1-c1ccc2cn[nH]c2c1. The largest absolute Gasteiger partial charge is 0.476 e. The molecule has 0 unspecified atom stereocenters. The Kier molecular flexibility index (Phi) is 2.16. The zero-order valence-electron chi connectivity index (χ0n) is 9.58. The van der Waals surface area contributed by atoms with Crippen molar-refractivity contribution in [1.82, 2.24) is 20.0 Å². The van der Waals surface area contributed by atoms with Crippen molar-refractivity contribution in [3.63, 3.8) is 0 Å². The van der Waals surface area contributed by atoms with E-state index in [-0.39, 0.29) is 5.69 Å². The highest BCUT2D eigenvalue weighted by Gasteiger charge is 2.12. The third kappa shape index (κ3) is 1.55. The van der Waals surface area contributed by atoms with Gasteiger partial charge < -0.3 is 5.11 Å². The van der Waals surface area contributed by atoms with Crippen LogP contribution in [0, 0.1) is 0 Å². The number of H-pyrrole nitrogens is 1. The van der Waals surface area contributed by atoms with Crippen LogP contribution in [0.1, 0.15) is 10.5 Å². The van der Waals surface area contributed by atoms with Crippen molar-refractivity contribution in [1.29, 1.82) is 0 Å². The predicted octanol–water partition coefficient (Wildman–Crippen LogP) is 1.66. The van der Waals surface area contributed by atoms with Crippen LogP contribution in [0.2, 0.25) is 0 Å². The molecule has 6 nitrogen and oxygen atoms in total. The van der Waals surface area contributed by atoms with Gasteiger partial charge in [0.15, 0.2) is 5.69 Å². The van der Waals surface area contributed by atoms with Crippen LogP contribution in [0.3, 0.4) is 0 Å². The first-order valence-electron chi connectivity index (χ1n) is 5.36. The summed E-state index contributed by atoms with van der Waals surface area (Å²) < 4.78 is 1.56. The number of aromatic amines is 1. The minimum absolute atomic E-state index is 0.0391. The van der Waals surface area contributed by atoms with Crippen LogP contribution in [0.5, 0.6) is 0 Å². The first kappa shape index (κ1) is 10.5. The number of carboxylic acids is 1. The van der Waals surface area contributed by atoms with Gasteiger partial charge in [0.1, 0.15) is 0 Å². The average Bonchev–Trinajstić information content (AvgIpc) is 2.93. The summed E-state index contributed by atoms with van der Waals surface area (Å²) in [5, 5.41) is 20.7. The van der Waals surface area contributed by atoms with Crippen molar-refractivity contribution < 1.29 is 9.90 Å². The standard InChI is InChI=1S/C12H10N4O2/c1-16-11(5-10(15-16)12(17)18)7-2-3-8-6-13-14-9(8)4-7/h2-6H,1H3,(H,13,14)(H,17,18). The molecule has 2 heterocycles. The number of aromatic carboxylic acids is 1. The van der Waals surface area contributed by atoms with Gasteiger partial charge in [-0.2, -0.15) is 10.2 Å². The van der Waals surface area contributed by atoms with Crippen LogP contribution in [-0.4, -0.2) is 31.1 Å². The van der Waals surface area contributed by atoms with Crippen molar-refractivity contribution in [3.05, 3.63) is 36.2 Å². The molecule has 0 aliphatic heterocycles. The highest BCUT2D eigenvalue weighted by atomic mass is 16.4. The second-order valence-corrected chi connectivity index (χ2v) is 4.02. The summed E-state index contributed by atoms with van der Waals surface area (Å²) in [5.74, 6) is -1.03. The molecule has 90 valence electrons. The Labute approximate surface area is 102 Å². The number of carboxylic acid groups (broad SMARTS) is 1. The van der Waals surface area contributed by atoms with Gasteiger partial charge in [-0.15, -0.1) is 0 Å². The monoisotopic (exact) mass is 242 g/mol. The van der Waals surface area contributed by atoms with Crippen molar-refractivity contribution in [2.24, 2.45) is 7.05 Å². The van der Waals surface area contributed by atoms with Gasteiger partial charge in [0, 0.05) is 18.0 Å². The van der Waals surface area contributed by atoms with Gasteiger partial charge in [-0.25, -0.2) is 4.79 Å². The number of rotatable bonds is 2. The minimum atomic E-state index is -1.03. The van der Waals surface area contributed by atoms with Crippen LogP contribution in [0.15, 0.2) is 30.5 Å². The molecule has 0 saturated carbocycles. The van der Waals surface area contributed by atoms with Crippen molar-refractivity contribution >= 4 is 16.9 Å². The number of nitrogens with one attached hydrogen (secondary N) is 1. The highest BCUT2D eigenvalue weighted by molar-refractivity contribution is 5.88. The Bertz CT molecular complexity index is 741. The zero-order chi connectivity index (χ0) is 12.7. The van der Waals surface area contributed by atoms with E-state index in [4.69, 9.17) is 5.11 Å². The fourth-order valence-corrected chi connectivity index (χ4v) is 1.94. The van der Waals surface area contributed by atoms with Crippen molar-refractivity contribution in [3.8, 4) is 11.3 Å². The first-order valence-corrected chi connectivity index (χ1v) is 5.36. The van der Waals surface area contributed by atoms with E-state index < -0.39 is 5.97 Å². The maximum Gasteiger partial charge on any atom is 0.356 e. The summed E-state index contributed by atoms with van der Waals surface area (Å²) in [6.45, 7) is 0. The number of fused-ring (bicyclic) bond motifs is 1. The predicted molar refractivity (Wildman–Crippen MR) is 65.3 cm³/mol. The summed E-state index contributed by atoms with van der Waals surface area (Å²) in [6, 6.07) is 7.33. The lowest BCUT2D eigenvalue weighted by atomic mass is 10.1. The topological polar surface area (TPSA) is 83.8 Å². The third-order valence-electron chi connectivity index (χ3n) is 2.84. The molecule has 0 amide bonds. The number of aromatic nitrogens is 4. The average molecular weight is 242 g/mol.